The quantitative estimate of drug-likeness (QED) is 0.806. The van der Waals surface area contributed by atoms with Crippen molar-refractivity contribution in [3.05, 3.63) is 24.3 Å². The van der Waals surface area contributed by atoms with Crippen molar-refractivity contribution in [1.29, 1.82) is 0 Å². The lowest BCUT2D eigenvalue weighted by Gasteiger charge is -2.01. The van der Waals surface area contributed by atoms with Gasteiger partial charge in [0.05, 0.1) is 4.90 Å². The first-order chi connectivity index (χ1) is 6.42. The van der Waals surface area contributed by atoms with Gasteiger partial charge in [0.15, 0.2) is 9.84 Å². The van der Waals surface area contributed by atoms with Crippen molar-refractivity contribution in [3.63, 3.8) is 0 Å². The number of phenolic OH excluding ortho intramolecular Hbond substituents is 1. The standard InChI is InChI=1S/C9H10O4S/c1-7(10)6-14(12,13)9-4-2-8(11)3-5-9/h2-5,11H,6H2,1H3. The van der Waals surface area contributed by atoms with E-state index in [4.69, 9.17) is 5.11 Å². The molecule has 1 aromatic carbocycles. The molecule has 0 unspecified atom stereocenters. The van der Waals surface area contributed by atoms with Gasteiger partial charge in [-0.2, -0.15) is 0 Å². The molecule has 0 aliphatic rings. The molecular formula is C9H10O4S. The number of phenols is 1. The Morgan fingerprint density at radius 1 is 1.29 bits per heavy atom. The summed E-state index contributed by atoms with van der Waals surface area (Å²) in [5.41, 5.74) is 0. The van der Waals surface area contributed by atoms with E-state index in [0.717, 1.165) is 0 Å². The summed E-state index contributed by atoms with van der Waals surface area (Å²) in [6.45, 7) is 1.22. The van der Waals surface area contributed by atoms with E-state index in [9.17, 15) is 13.2 Å². The Morgan fingerprint density at radius 3 is 2.21 bits per heavy atom. The Morgan fingerprint density at radius 2 is 1.79 bits per heavy atom. The first-order valence-corrected chi connectivity index (χ1v) is 5.58. The van der Waals surface area contributed by atoms with Crippen molar-refractivity contribution in [3.8, 4) is 5.75 Å². The van der Waals surface area contributed by atoms with Crippen molar-refractivity contribution in [2.45, 2.75) is 11.8 Å². The van der Waals surface area contributed by atoms with Crippen molar-refractivity contribution < 1.29 is 18.3 Å². The van der Waals surface area contributed by atoms with Crippen molar-refractivity contribution >= 4 is 15.6 Å². The van der Waals surface area contributed by atoms with E-state index in [-0.39, 0.29) is 10.6 Å². The molecule has 1 rings (SSSR count). The molecule has 0 aliphatic carbocycles. The lowest BCUT2D eigenvalue weighted by atomic mass is 10.3. The molecule has 0 radical (unpaired) electrons. The molecule has 0 saturated carbocycles. The third kappa shape index (κ3) is 2.56. The first kappa shape index (κ1) is 10.7. The number of Topliss-reactive ketones (excluding diaryl/α,β-unsaturated/α-hetero) is 1. The van der Waals surface area contributed by atoms with Crippen molar-refractivity contribution in [2.24, 2.45) is 0 Å². The maximum Gasteiger partial charge on any atom is 0.185 e. The summed E-state index contributed by atoms with van der Waals surface area (Å²) < 4.78 is 22.9. The topological polar surface area (TPSA) is 71.4 Å². The molecule has 0 heterocycles. The number of carbonyl (C=O) groups is 1. The number of hydrogen-bond acceptors (Lipinski definition) is 4. The van der Waals surface area contributed by atoms with E-state index in [1.807, 2.05) is 0 Å². The van der Waals surface area contributed by atoms with Crippen molar-refractivity contribution in [2.75, 3.05) is 5.75 Å². The van der Waals surface area contributed by atoms with Gasteiger partial charge >= 0.3 is 0 Å². The summed E-state index contributed by atoms with van der Waals surface area (Å²) in [5.74, 6) is -0.914. The third-order valence-corrected chi connectivity index (χ3v) is 3.37. The van der Waals surface area contributed by atoms with Crippen LogP contribution in [-0.2, 0) is 14.6 Å². The van der Waals surface area contributed by atoms with E-state index in [0.29, 0.717) is 0 Å². The van der Waals surface area contributed by atoms with Crippen LogP contribution in [0.1, 0.15) is 6.92 Å². The zero-order chi connectivity index (χ0) is 10.8. The molecule has 1 aromatic rings. The van der Waals surface area contributed by atoms with E-state index in [2.05, 4.69) is 0 Å². The van der Waals surface area contributed by atoms with Gasteiger partial charge < -0.3 is 5.11 Å². The molecule has 0 fully saturated rings. The molecule has 0 saturated heterocycles. The van der Waals surface area contributed by atoms with Gasteiger partial charge in [0.1, 0.15) is 17.3 Å². The molecule has 5 heteroatoms. The van der Waals surface area contributed by atoms with E-state index >= 15 is 0 Å². The monoisotopic (exact) mass is 214 g/mol. The average Bonchev–Trinajstić information content (AvgIpc) is 2.02. The minimum atomic E-state index is -3.54. The fourth-order valence-electron chi connectivity index (χ4n) is 1.00. The van der Waals surface area contributed by atoms with Crippen LogP contribution >= 0.6 is 0 Å². The molecule has 0 amide bonds. The molecule has 0 spiro atoms. The van der Waals surface area contributed by atoms with Crippen LogP contribution in [-0.4, -0.2) is 25.1 Å². The average molecular weight is 214 g/mol. The predicted molar refractivity (Wildman–Crippen MR) is 50.8 cm³/mol. The number of sulfone groups is 1. The SMILES string of the molecule is CC(=O)CS(=O)(=O)c1ccc(O)cc1. The molecule has 0 atom stereocenters. The number of rotatable bonds is 3. The summed E-state index contributed by atoms with van der Waals surface area (Å²) >= 11 is 0. The summed E-state index contributed by atoms with van der Waals surface area (Å²) in [6.07, 6.45) is 0. The molecule has 4 nitrogen and oxygen atoms in total. The maximum atomic E-state index is 11.5. The largest absolute Gasteiger partial charge is 0.508 e. The van der Waals surface area contributed by atoms with Crippen LogP contribution in [0, 0.1) is 0 Å². The van der Waals surface area contributed by atoms with Gasteiger partial charge in [-0.05, 0) is 31.2 Å². The van der Waals surface area contributed by atoms with Gasteiger partial charge in [0, 0.05) is 0 Å². The number of carbonyl (C=O) groups excluding carboxylic acids is 1. The molecule has 0 aromatic heterocycles. The summed E-state index contributed by atoms with van der Waals surface area (Å²) in [7, 11) is -3.54. The molecule has 0 bridgehead atoms. The van der Waals surface area contributed by atoms with Crippen molar-refractivity contribution in [1.82, 2.24) is 0 Å². The first-order valence-electron chi connectivity index (χ1n) is 3.93. The highest BCUT2D eigenvalue weighted by atomic mass is 32.2. The number of aromatic hydroxyl groups is 1. The molecule has 76 valence electrons. The Labute approximate surface area is 82.1 Å². The second-order valence-corrected chi connectivity index (χ2v) is 4.94. The highest BCUT2D eigenvalue weighted by Gasteiger charge is 2.16. The Hall–Kier alpha value is -1.36. The Kier molecular flexibility index (Phi) is 2.90. The molecule has 14 heavy (non-hydrogen) atoms. The molecule has 1 N–H and O–H groups in total. The van der Waals surface area contributed by atoms with Gasteiger partial charge in [-0.3, -0.25) is 4.79 Å². The smallest absolute Gasteiger partial charge is 0.185 e. The minimum absolute atomic E-state index is 0.00762. The second-order valence-electron chi connectivity index (χ2n) is 2.96. The molecular weight excluding hydrogens is 204 g/mol. The summed E-state index contributed by atoms with van der Waals surface area (Å²) in [4.78, 5) is 10.7. The number of hydrogen-bond donors (Lipinski definition) is 1. The Bertz CT molecular complexity index is 430. The third-order valence-electron chi connectivity index (χ3n) is 1.59. The molecule has 0 aliphatic heterocycles. The van der Waals surface area contributed by atoms with E-state index < -0.39 is 21.4 Å². The van der Waals surface area contributed by atoms with Crippen LogP contribution in [0.2, 0.25) is 0 Å². The maximum absolute atomic E-state index is 11.5. The van der Waals surface area contributed by atoms with Crippen LogP contribution in [0.4, 0.5) is 0 Å². The Balaban J connectivity index is 3.05. The van der Waals surface area contributed by atoms with Gasteiger partial charge in [-0.1, -0.05) is 0 Å². The van der Waals surface area contributed by atoms with Crippen LogP contribution in [0.25, 0.3) is 0 Å². The van der Waals surface area contributed by atoms with Crippen LogP contribution in [0.3, 0.4) is 0 Å². The summed E-state index contributed by atoms with van der Waals surface area (Å²) in [5, 5.41) is 8.94. The normalized spacial score (nSPS) is 11.2. The van der Waals surface area contributed by atoms with E-state index in [1.54, 1.807) is 0 Å². The van der Waals surface area contributed by atoms with Gasteiger partial charge in [0.2, 0.25) is 0 Å². The van der Waals surface area contributed by atoms with E-state index in [1.165, 1.54) is 31.2 Å². The number of ketones is 1. The fourth-order valence-corrected chi connectivity index (χ4v) is 2.26. The lowest BCUT2D eigenvalue weighted by molar-refractivity contribution is -0.114. The highest BCUT2D eigenvalue weighted by Crippen LogP contribution is 2.15. The summed E-state index contributed by atoms with van der Waals surface area (Å²) in [6, 6.07) is 5.08. The van der Waals surface area contributed by atoms with Crippen LogP contribution in [0.5, 0.6) is 5.75 Å². The fraction of sp³-hybridized carbons (Fsp3) is 0.222. The minimum Gasteiger partial charge on any atom is -0.508 e. The predicted octanol–water partition coefficient (Wildman–Crippen LogP) is 0.755. The lowest BCUT2D eigenvalue weighted by Crippen LogP contribution is -2.13. The zero-order valence-corrected chi connectivity index (χ0v) is 8.41. The van der Waals surface area contributed by atoms with Crippen LogP contribution < -0.4 is 0 Å². The highest BCUT2D eigenvalue weighted by molar-refractivity contribution is 7.92. The van der Waals surface area contributed by atoms with Crippen LogP contribution in [0.15, 0.2) is 29.2 Å². The zero-order valence-electron chi connectivity index (χ0n) is 7.60. The van der Waals surface area contributed by atoms with Gasteiger partial charge in [-0.15, -0.1) is 0 Å². The van der Waals surface area contributed by atoms with Gasteiger partial charge in [0.25, 0.3) is 0 Å². The number of benzene rings is 1. The second kappa shape index (κ2) is 3.79. The van der Waals surface area contributed by atoms with Gasteiger partial charge in [-0.25, -0.2) is 8.42 Å².